The molecule has 2 aromatic rings. The Morgan fingerprint density at radius 2 is 2.22 bits per heavy atom. The maximum absolute atomic E-state index is 12.3. The Bertz CT molecular complexity index is 673. The predicted molar refractivity (Wildman–Crippen MR) is 86.3 cm³/mol. The molecule has 1 saturated heterocycles. The first-order valence-electron chi connectivity index (χ1n) is 7.66. The van der Waals surface area contributed by atoms with Gasteiger partial charge in [-0.05, 0) is 31.2 Å². The van der Waals surface area contributed by atoms with Crippen molar-refractivity contribution in [3.8, 4) is 0 Å². The molecule has 1 N–H and O–H groups in total. The zero-order valence-electron chi connectivity index (χ0n) is 12.9. The van der Waals surface area contributed by atoms with Crippen LogP contribution in [0.25, 0.3) is 0 Å². The van der Waals surface area contributed by atoms with Crippen molar-refractivity contribution >= 4 is 23.2 Å². The Balaban J connectivity index is 1.46. The number of amides is 2. The van der Waals surface area contributed by atoms with E-state index in [0.29, 0.717) is 31.0 Å². The van der Waals surface area contributed by atoms with E-state index in [4.69, 9.17) is 4.52 Å². The molecule has 1 aliphatic rings. The van der Waals surface area contributed by atoms with E-state index in [2.05, 4.69) is 10.5 Å². The first-order chi connectivity index (χ1) is 11.1. The van der Waals surface area contributed by atoms with E-state index < -0.39 is 0 Å². The standard InChI is InChI=1S/C16H19N3O3S/c1-11-9-14(18-22-11)16(21)19-6-4-12(5-7-19)17-15(20)10-13-3-2-8-23-13/h2-3,8-9,12H,4-7,10H2,1H3,(H,17,20). The Hall–Kier alpha value is -2.15. The van der Waals surface area contributed by atoms with Gasteiger partial charge in [0, 0.05) is 30.1 Å². The highest BCUT2D eigenvalue weighted by atomic mass is 32.1. The first-order valence-corrected chi connectivity index (χ1v) is 8.54. The topological polar surface area (TPSA) is 75.4 Å². The third-order valence-electron chi connectivity index (χ3n) is 3.91. The van der Waals surface area contributed by atoms with Crippen molar-refractivity contribution in [2.24, 2.45) is 0 Å². The van der Waals surface area contributed by atoms with Crippen LogP contribution in [-0.4, -0.2) is 41.0 Å². The van der Waals surface area contributed by atoms with Gasteiger partial charge in [-0.2, -0.15) is 0 Å². The summed E-state index contributed by atoms with van der Waals surface area (Å²) in [5.41, 5.74) is 0.350. The molecule has 3 heterocycles. The van der Waals surface area contributed by atoms with Crippen LogP contribution in [0.2, 0.25) is 0 Å². The van der Waals surface area contributed by atoms with Crippen LogP contribution in [0.3, 0.4) is 0 Å². The van der Waals surface area contributed by atoms with Gasteiger partial charge in [-0.15, -0.1) is 11.3 Å². The van der Waals surface area contributed by atoms with E-state index in [-0.39, 0.29) is 17.9 Å². The fraction of sp³-hybridized carbons (Fsp3) is 0.438. The van der Waals surface area contributed by atoms with Crippen LogP contribution >= 0.6 is 11.3 Å². The second kappa shape index (κ2) is 6.95. The Kier molecular flexibility index (Phi) is 4.76. The van der Waals surface area contributed by atoms with E-state index in [1.807, 2.05) is 17.5 Å². The van der Waals surface area contributed by atoms with Crippen molar-refractivity contribution in [3.05, 3.63) is 39.9 Å². The zero-order chi connectivity index (χ0) is 16.2. The Labute approximate surface area is 138 Å². The lowest BCUT2D eigenvalue weighted by Gasteiger charge is -2.31. The Morgan fingerprint density at radius 1 is 1.43 bits per heavy atom. The molecule has 0 spiro atoms. The minimum Gasteiger partial charge on any atom is -0.361 e. The summed E-state index contributed by atoms with van der Waals surface area (Å²) in [5, 5.41) is 8.79. The number of nitrogens with zero attached hydrogens (tertiary/aromatic N) is 2. The molecule has 122 valence electrons. The normalized spacial score (nSPS) is 15.6. The molecule has 1 fully saturated rings. The van der Waals surface area contributed by atoms with Crippen LogP contribution in [0.15, 0.2) is 28.1 Å². The summed E-state index contributed by atoms with van der Waals surface area (Å²) in [5.74, 6) is 0.568. The van der Waals surface area contributed by atoms with Gasteiger partial charge >= 0.3 is 0 Å². The number of hydrogen-bond acceptors (Lipinski definition) is 5. The SMILES string of the molecule is Cc1cc(C(=O)N2CCC(NC(=O)Cc3cccs3)CC2)no1. The largest absolute Gasteiger partial charge is 0.361 e. The monoisotopic (exact) mass is 333 g/mol. The summed E-state index contributed by atoms with van der Waals surface area (Å²) >= 11 is 1.59. The molecule has 0 atom stereocenters. The van der Waals surface area contributed by atoms with Gasteiger partial charge in [0.15, 0.2) is 5.69 Å². The van der Waals surface area contributed by atoms with E-state index in [1.54, 1.807) is 29.2 Å². The van der Waals surface area contributed by atoms with Crippen molar-refractivity contribution in [3.63, 3.8) is 0 Å². The van der Waals surface area contributed by atoms with Gasteiger partial charge in [-0.25, -0.2) is 0 Å². The maximum Gasteiger partial charge on any atom is 0.276 e. The molecular weight excluding hydrogens is 314 g/mol. The summed E-state index contributed by atoms with van der Waals surface area (Å²) in [7, 11) is 0. The van der Waals surface area contributed by atoms with Crippen molar-refractivity contribution in [1.29, 1.82) is 0 Å². The number of rotatable bonds is 4. The lowest BCUT2D eigenvalue weighted by molar-refractivity contribution is -0.121. The molecule has 2 aromatic heterocycles. The minimum absolute atomic E-state index is 0.0457. The number of carbonyl (C=O) groups excluding carboxylic acids is 2. The number of aryl methyl sites for hydroxylation is 1. The molecule has 7 heteroatoms. The fourth-order valence-corrected chi connectivity index (χ4v) is 3.41. The highest BCUT2D eigenvalue weighted by Gasteiger charge is 2.26. The first kappa shape index (κ1) is 15.7. The van der Waals surface area contributed by atoms with E-state index in [0.717, 1.165) is 17.7 Å². The third kappa shape index (κ3) is 3.98. The van der Waals surface area contributed by atoms with Crippen molar-refractivity contribution < 1.29 is 14.1 Å². The lowest BCUT2D eigenvalue weighted by atomic mass is 10.0. The van der Waals surface area contributed by atoms with Gasteiger partial charge in [-0.3, -0.25) is 9.59 Å². The fourth-order valence-electron chi connectivity index (χ4n) is 2.71. The molecule has 2 amide bonds. The molecule has 23 heavy (non-hydrogen) atoms. The third-order valence-corrected chi connectivity index (χ3v) is 4.79. The second-order valence-corrected chi connectivity index (χ2v) is 6.75. The Morgan fingerprint density at radius 3 is 2.83 bits per heavy atom. The number of hydrogen-bond donors (Lipinski definition) is 1. The molecule has 6 nitrogen and oxygen atoms in total. The van der Waals surface area contributed by atoms with Crippen molar-refractivity contribution in [1.82, 2.24) is 15.4 Å². The molecule has 0 aromatic carbocycles. The minimum atomic E-state index is -0.106. The molecular formula is C16H19N3O3S. The van der Waals surface area contributed by atoms with Gasteiger partial charge in [0.1, 0.15) is 5.76 Å². The number of piperidine rings is 1. The van der Waals surface area contributed by atoms with E-state index in [1.165, 1.54) is 0 Å². The summed E-state index contributed by atoms with van der Waals surface area (Å²) < 4.78 is 4.95. The van der Waals surface area contributed by atoms with Crippen molar-refractivity contribution in [2.45, 2.75) is 32.2 Å². The van der Waals surface area contributed by atoms with Gasteiger partial charge in [0.25, 0.3) is 5.91 Å². The molecule has 0 unspecified atom stereocenters. The summed E-state index contributed by atoms with van der Waals surface area (Å²) in [6.45, 7) is 3.00. The van der Waals surface area contributed by atoms with E-state index >= 15 is 0 Å². The number of likely N-dealkylation sites (tertiary alicyclic amines) is 1. The highest BCUT2D eigenvalue weighted by Crippen LogP contribution is 2.15. The van der Waals surface area contributed by atoms with Crippen LogP contribution in [0, 0.1) is 6.92 Å². The summed E-state index contributed by atoms with van der Waals surface area (Å²) in [6.07, 6.45) is 1.95. The van der Waals surface area contributed by atoms with Gasteiger partial charge in [0.05, 0.1) is 6.42 Å². The summed E-state index contributed by atoms with van der Waals surface area (Å²) in [4.78, 5) is 27.1. The average molecular weight is 333 g/mol. The number of aromatic nitrogens is 1. The van der Waals surface area contributed by atoms with Gasteiger partial charge in [0.2, 0.25) is 5.91 Å². The van der Waals surface area contributed by atoms with Crippen molar-refractivity contribution in [2.75, 3.05) is 13.1 Å². The molecule has 0 radical (unpaired) electrons. The van der Waals surface area contributed by atoms with Crippen LogP contribution in [0.4, 0.5) is 0 Å². The molecule has 1 aliphatic heterocycles. The van der Waals surface area contributed by atoms with Crippen LogP contribution in [0.1, 0.15) is 34.0 Å². The molecule has 0 aliphatic carbocycles. The quantitative estimate of drug-likeness (QED) is 0.929. The molecule has 0 saturated carbocycles. The van der Waals surface area contributed by atoms with Crippen LogP contribution < -0.4 is 5.32 Å². The number of thiophene rings is 1. The number of nitrogens with one attached hydrogen (secondary N) is 1. The predicted octanol–water partition coefficient (Wildman–Crippen LogP) is 2.01. The van der Waals surface area contributed by atoms with E-state index in [9.17, 15) is 9.59 Å². The second-order valence-electron chi connectivity index (χ2n) is 5.71. The van der Waals surface area contributed by atoms with Crippen LogP contribution in [-0.2, 0) is 11.2 Å². The maximum atomic E-state index is 12.3. The smallest absolute Gasteiger partial charge is 0.276 e. The highest BCUT2D eigenvalue weighted by molar-refractivity contribution is 7.10. The van der Waals surface area contributed by atoms with Crippen LogP contribution in [0.5, 0.6) is 0 Å². The van der Waals surface area contributed by atoms with Gasteiger partial charge < -0.3 is 14.7 Å². The zero-order valence-corrected chi connectivity index (χ0v) is 13.8. The molecule has 0 bridgehead atoms. The number of carbonyl (C=O) groups is 2. The molecule has 3 rings (SSSR count). The summed E-state index contributed by atoms with van der Waals surface area (Å²) in [6, 6.07) is 5.69. The lowest BCUT2D eigenvalue weighted by Crippen LogP contribution is -2.46. The van der Waals surface area contributed by atoms with Gasteiger partial charge in [-0.1, -0.05) is 11.2 Å². The average Bonchev–Trinajstić information content (AvgIpc) is 3.19.